The lowest BCUT2D eigenvalue weighted by atomic mass is 10.2. The maximum Gasteiger partial charge on any atom is 0.254 e. The molecule has 0 aliphatic carbocycles. The van der Waals surface area contributed by atoms with Gasteiger partial charge in [-0.1, -0.05) is 60.3 Å². The van der Waals surface area contributed by atoms with Crippen LogP contribution >= 0.6 is 11.8 Å². The number of benzene rings is 3. The van der Waals surface area contributed by atoms with Crippen molar-refractivity contribution in [2.24, 2.45) is 0 Å². The highest BCUT2D eigenvalue weighted by Gasteiger charge is 2.23. The molecule has 10 heteroatoms. The van der Waals surface area contributed by atoms with Crippen LogP contribution < -0.4 is 10.2 Å². The van der Waals surface area contributed by atoms with Gasteiger partial charge in [-0.3, -0.25) is 14.2 Å². The zero-order chi connectivity index (χ0) is 26.3. The number of halogens is 1. The van der Waals surface area contributed by atoms with E-state index in [0.29, 0.717) is 24.1 Å². The number of aromatic nitrogens is 3. The molecule has 2 heterocycles. The molecule has 38 heavy (non-hydrogen) atoms. The van der Waals surface area contributed by atoms with E-state index in [1.54, 1.807) is 6.07 Å². The van der Waals surface area contributed by atoms with Gasteiger partial charge in [0.05, 0.1) is 17.9 Å². The Morgan fingerprint density at radius 2 is 1.45 bits per heavy atom. The van der Waals surface area contributed by atoms with Crippen LogP contribution in [0.1, 0.15) is 16.2 Å². The Hall–Kier alpha value is -4.18. The first-order chi connectivity index (χ1) is 18.6. The zero-order valence-corrected chi connectivity index (χ0v) is 21.5. The summed E-state index contributed by atoms with van der Waals surface area (Å²) >= 11 is 1.31. The van der Waals surface area contributed by atoms with Crippen LogP contribution in [0.3, 0.4) is 0 Å². The van der Waals surface area contributed by atoms with Gasteiger partial charge in [0, 0.05) is 37.6 Å². The second-order valence-electron chi connectivity index (χ2n) is 8.72. The molecule has 194 valence electrons. The summed E-state index contributed by atoms with van der Waals surface area (Å²) in [6.07, 6.45) is 0. The van der Waals surface area contributed by atoms with Crippen LogP contribution in [0.4, 0.5) is 10.1 Å². The molecule has 1 aliphatic heterocycles. The molecule has 3 aromatic carbocycles. The van der Waals surface area contributed by atoms with Crippen molar-refractivity contribution in [3.8, 4) is 5.69 Å². The van der Waals surface area contributed by atoms with Crippen molar-refractivity contribution < 1.29 is 14.0 Å². The predicted octanol–water partition coefficient (Wildman–Crippen LogP) is 3.78. The Balaban J connectivity index is 1.24. The lowest BCUT2D eigenvalue weighted by Gasteiger charge is -2.36. The van der Waals surface area contributed by atoms with Crippen molar-refractivity contribution in [1.82, 2.24) is 25.0 Å². The van der Waals surface area contributed by atoms with E-state index in [1.807, 2.05) is 58.0 Å². The summed E-state index contributed by atoms with van der Waals surface area (Å²) < 4.78 is 15.8. The van der Waals surface area contributed by atoms with E-state index < -0.39 is 11.7 Å². The number of para-hydroxylation sites is 2. The van der Waals surface area contributed by atoms with Gasteiger partial charge in [-0.05, 0) is 36.4 Å². The Bertz CT molecular complexity index is 1390. The van der Waals surface area contributed by atoms with Gasteiger partial charge in [0.25, 0.3) is 5.91 Å². The second-order valence-corrected chi connectivity index (χ2v) is 9.67. The van der Waals surface area contributed by atoms with Gasteiger partial charge in [0.1, 0.15) is 5.82 Å². The number of piperazine rings is 1. The molecule has 8 nitrogen and oxygen atoms in total. The molecule has 1 aromatic heterocycles. The van der Waals surface area contributed by atoms with Crippen LogP contribution in [0, 0.1) is 5.82 Å². The maximum atomic E-state index is 14.0. The summed E-state index contributed by atoms with van der Waals surface area (Å²) in [6.45, 7) is 2.93. The highest BCUT2D eigenvalue weighted by Crippen LogP contribution is 2.23. The minimum absolute atomic E-state index is 0.0363. The summed E-state index contributed by atoms with van der Waals surface area (Å²) in [5.41, 5.74) is 1.93. The predicted molar refractivity (Wildman–Crippen MR) is 145 cm³/mol. The fraction of sp³-hybridized carbons (Fsp3) is 0.214. The first-order valence-corrected chi connectivity index (χ1v) is 13.3. The fourth-order valence-electron chi connectivity index (χ4n) is 4.32. The summed E-state index contributed by atoms with van der Waals surface area (Å²) in [5, 5.41) is 11.8. The van der Waals surface area contributed by atoms with Crippen molar-refractivity contribution in [1.29, 1.82) is 0 Å². The second kappa shape index (κ2) is 11.9. The van der Waals surface area contributed by atoms with Crippen LogP contribution in [0.25, 0.3) is 5.69 Å². The number of thioether (sulfide) groups is 1. The normalized spacial score (nSPS) is 13.4. The molecule has 0 saturated carbocycles. The molecular weight excluding hydrogens is 503 g/mol. The number of anilines is 1. The number of amides is 2. The van der Waals surface area contributed by atoms with Crippen molar-refractivity contribution in [3.05, 3.63) is 102 Å². The highest BCUT2D eigenvalue weighted by atomic mass is 32.2. The Kier molecular flexibility index (Phi) is 7.98. The Morgan fingerprint density at radius 3 is 2.13 bits per heavy atom. The largest absolute Gasteiger partial charge is 0.368 e. The molecule has 0 unspecified atom stereocenters. The van der Waals surface area contributed by atoms with Crippen molar-refractivity contribution in [3.63, 3.8) is 0 Å². The molecule has 5 rings (SSSR count). The Morgan fingerprint density at radius 1 is 0.816 bits per heavy atom. The van der Waals surface area contributed by atoms with Crippen molar-refractivity contribution >= 4 is 29.3 Å². The first-order valence-electron chi connectivity index (χ1n) is 12.3. The third kappa shape index (κ3) is 5.86. The minimum atomic E-state index is -0.589. The SMILES string of the molecule is O=C(NCc1nnc(SCC(=O)N2CCN(c3ccccc3)CC2)n1-c1ccccc1)c1ccccc1F. The third-order valence-corrected chi connectivity index (χ3v) is 7.23. The number of rotatable bonds is 8. The van der Waals surface area contributed by atoms with E-state index in [0.717, 1.165) is 18.8 Å². The molecule has 0 bridgehead atoms. The molecule has 0 radical (unpaired) electrons. The van der Waals surface area contributed by atoms with E-state index in [-0.39, 0.29) is 23.8 Å². The third-order valence-electron chi connectivity index (χ3n) is 6.32. The minimum Gasteiger partial charge on any atom is -0.368 e. The molecule has 4 aromatic rings. The number of carbonyl (C=O) groups is 2. The molecule has 0 atom stereocenters. The number of hydrogen-bond donors (Lipinski definition) is 1. The molecule has 0 spiro atoms. The number of hydrogen-bond acceptors (Lipinski definition) is 6. The van der Waals surface area contributed by atoms with Gasteiger partial charge < -0.3 is 15.1 Å². The molecule has 1 fully saturated rings. The van der Waals surface area contributed by atoms with E-state index in [1.165, 1.54) is 35.6 Å². The topological polar surface area (TPSA) is 83.4 Å². The van der Waals surface area contributed by atoms with Crippen LogP contribution in [0.5, 0.6) is 0 Å². The van der Waals surface area contributed by atoms with Crippen molar-refractivity contribution in [2.75, 3.05) is 36.8 Å². The van der Waals surface area contributed by atoms with Gasteiger partial charge in [-0.2, -0.15) is 0 Å². The first kappa shape index (κ1) is 25.5. The monoisotopic (exact) mass is 530 g/mol. The fourth-order valence-corrected chi connectivity index (χ4v) is 5.19. The summed E-state index contributed by atoms with van der Waals surface area (Å²) in [5.74, 6) is -0.386. The van der Waals surface area contributed by atoms with Gasteiger partial charge >= 0.3 is 0 Å². The van der Waals surface area contributed by atoms with Crippen LogP contribution in [0.15, 0.2) is 90.1 Å². The van der Waals surface area contributed by atoms with Gasteiger partial charge in [-0.25, -0.2) is 4.39 Å². The lowest BCUT2D eigenvalue weighted by Crippen LogP contribution is -2.49. The molecule has 1 N–H and O–H groups in total. The van der Waals surface area contributed by atoms with Crippen molar-refractivity contribution in [2.45, 2.75) is 11.7 Å². The molecule has 1 saturated heterocycles. The molecule has 2 amide bonds. The van der Waals surface area contributed by atoms with Gasteiger partial charge in [0.15, 0.2) is 11.0 Å². The quantitative estimate of drug-likeness (QED) is 0.349. The average Bonchev–Trinajstić information content (AvgIpc) is 3.38. The number of carbonyl (C=O) groups excluding carboxylic acids is 2. The van der Waals surface area contributed by atoms with E-state index in [9.17, 15) is 14.0 Å². The summed E-state index contributed by atoms with van der Waals surface area (Å²) in [6, 6.07) is 25.5. The zero-order valence-electron chi connectivity index (χ0n) is 20.7. The van der Waals surface area contributed by atoms with Crippen LogP contribution in [-0.4, -0.2) is 63.4 Å². The summed E-state index contributed by atoms with van der Waals surface area (Å²) in [7, 11) is 0. The van der Waals surface area contributed by atoms with Gasteiger partial charge in [0.2, 0.25) is 5.91 Å². The Labute approximate surface area is 224 Å². The van der Waals surface area contributed by atoms with E-state index >= 15 is 0 Å². The van der Waals surface area contributed by atoms with Gasteiger partial charge in [-0.15, -0.1) is 10.2 Å². The summed E-state index contributed by atoms with van der Waals surface area (Å²) in [4.78, 5) is 29.7. The standard InChI is InChI=1S/C28H27FN6O2S/c29-24-14-8-7-13-23(24)27(37)30-19-25-31-32-28(35(25)22-11-5-2-6-12-22)38-20-26(36)34-17-15-33(16-18-34)21-9-3-1-4-10-21/h1-14H,15-20H2,(H,30,37). The van der Waals surface area contributed by atoms with Crippen LogP contribution in [0.2, 0.25) is 0 Å². The average molecular weight is 531 g/mol. The van der Waals surface area contributed by atoms with E-state index in [4.69, 9.17) is 0 Å². The number of nitrogens with zero attached hydrogens (tertiary/aromatic N) is 5. The van der Waals surface area contributed by atoms with Crippen LogP contribution in [-0.2, 0) is 11.3 Å². The lowest BCUT2D eigenvalue weighted by molar-refractivity contribution is -0.128. The smallest absolute Gasteiger partial charge is 0.254 e. The number of nitrogens with one attached hydrogen (secondary N) is 1. The highest BCUT2D eigenvalue weighted by molar-refractivity contribution is 7.99. The molecular formula is C28H27FN6O2S. The molecule has 1 aliphatic rings. The van der Waals surface area contributed by atoms with E-state index in [2.05, 4.69) is 32.5 Å². The maximum absolute atomic E-state index is 14.0.